The molecule has 0 spiro atoms. The van der Waals surface area contributed by atoms with E-state index in [4.69, 9.17) is 0 Å². The number of hydrogen-bond acceptors (Lipinski definition) is 4. The Morgan fingerprint density at radius 3 is 2.87 bits per heavy atom. The van der Waals surface area contributed by atoms with Gasteiger partial charge in [0.25, 0.3) is 0 Å². The summed E-state index contributed by atoms with van der Waals surface area (Å²) in [7, 11) is 1.83. The topological polar surface area (TPSA) is 52.6 Å². The third-order valence-electron chi connectivity index (χ3n) is 3.99. The molecule has 2 rings (SSSR count). The zero-order valence-corrected chi connectivity index (χ0v) is 17.6. The molecule has 1 aromatic heterocycles. The van der Waals surface area contributed by atoms with E-state index in [0.29, 0.717) is 0 Å². The maximum absolute atomic E-state index is 4.38. The Morgan fingerprint density at radius 2 is 2.22 bits per heavy atom. The molecule has 5 nitrogen and oxygen atoms in total. The molecule has 1 aliphatic heterocycles. The fourth-order valence-corrected chi connectivity index (χ4v) is 3.63. The van der Waals surface area contributed by atoms with Crippen LogP contribution in [0.3, 0.4) is 0 Å². The molecule has 1 fully saturated rings. The van der Waals surface area contributed by atoms with E-state index in [9.17, 15) is 0 Å². The molecule has 0 saturated carbocycles. The van der Waals surface area contributed by atoms with Gasteiger partial charge >= 0.3 is 0 Å². The summed E-state index contributed by atoms with van der Waals surface area (Å²) in [5.41, 5.74) is 0. The molecule has 1 unspecified atom stereocenters. The molecule has 132 valence electrons. The van der Waals surface area contributed by atoms with E-state index < -0.39 is 0 Å². The molecule has 7 heteroatoms. The van der Waals surface area contributed by atoms with E-state index in [1.807, 2.05) is 13.2 Å². The van der Waals surface area contributed by atoms with Gasteiger partial charge in [-0.3, -0.25) is 4.99 Å². The first kappa shape index (κ1) is 20.6. The molecule has 0 aliphatic carbocycles. The Labute approximate surface area is 161 Å². The van der Waals surface area contributed by atoms with Gasteiger partial charge in [0.1, 0.15) is 0 Å². The maximum atomic E-state index is 4.38. The predicted octanol–water partition coefficient (Wildman–Crippen LogP) is 2.51. The normalized spacial score (nSPS) is 19.3. The van der Waals surface area contributed by atoms with Crippen molar-refractivity contribution in [3.05, 3.63) is 16.1 Å². The Kier molecular flexibility index (Phi) is 10.0. The molecule has 0 aromatic carbocycles. The number of rotatable bonds is 6. The summed E-state index contributed by atoms with van der Waals surface area (Å²) < 4.78 is 0. The van der Waals surface area contributed by atoms with Crippen molar-refractivity contribution in [1.82, 2.24) is 20.5 Å². The smallest absolute Gasteiger partial charge is 0.191 e. The first-order valence-corrected chi connectivity index (χ1v) is 9.07. The van der Waals surface area contributed by atoms with Gasteiger partial charge in [-0.25, -0.2) is 4.98 Å². The quantitative estimate of drug-likeness (QED) is 0.397. The van der Waals surface area contributed by atoms with Crippen molar-refractivity contribution >= 4 is 41.3 Å². The summed E-state index contributed by atoms with van der Waals surface area (Å²) in [6.07, 6.45) is 5.60. The van der Waals surface area contributed by atoms with Gasteiger partial charge in [0.2, 0.25) is 0 Å². The Bertz CT molecular complexity index is 477. The van der Waals surface area contributed by atoms with E-state index in [-0.39, 0.29) is 24.0 Å². The van der Waals surface area contributed by atoms with Crippen molar-refractivity contribution in [3.8, 4) is 0 Å². The second-order valence-corrected chi connectivity index (χ2v) is 7.41. The minimum atomic E-state index is 0. The first-order chi connectivity index (χ1) is 10.7. The van der Waals surface area contributed by atoms with Gasteiger partial charge in [0, 0.05) is 50.7 Å². The molecule has 0 radical (unpaired) electrons. The van der Waals surface area contributed by atoms with Crippen LogP contribution in [-0.2, 0) is 6.42 Å². The first-order valence-electron chi connectivity index (χ1n) is 8.25. The minimum Gasteiger partial charge on any atom is -0.356 e. The van der Waals surface area contributed by atoms with Crippen LogP contribution in [0.2, 0.25) is 0 Å². The number of guanidine groups is 1. The minimum absolute atomic E-state index is 0. The van der Waals surface area contributed by atoms with Crippen LogP contribution in [0.5, 0.6) is 0 Å². The van der Waals surface area contributed by atoms with Gasteiger partial charge in [-0.1, -0.05) is 6.92 Å². The average Bonchev–Trinajstić information content (AvgIpc) is 2.91. The van der Waals surface area contributed by atoms with Crippen molar-refractivity contribution in [1.29, 1.82) is 0 Å². The molecular formula is C16H30IN5S. The second kappa shape index (κ2) is 11.2. The van der Waals surface area contributed by atoms with Crippen molar-refractivity contribution in [2.75, 3.05) is 39.8 Å². The number of nitrogens with one attached hydrogen (secondary N) is 2. The third-order valence-corrected chi connectivity index (χ3v) is 4.96. The summed E-state index contributed by atoms with van der Waals surface area (Å²) in [6, 6.07) is 0. The zero-order chi connectivity index (χ0) is 15.8. The van der Waals surface area contributed by atoms with E-state index in [0.717, 1.165) is 37.9 Å². The number of aliphatic imine (C=N–C) groups is 1. The average molecular weight is 451 g/mol. The van der Waals surface area contributed by atoms with E-state index in [1.54, 1.807) is 11.3 Å². The maximum Gasteiger partial charge on any atom is 0.191 e. The number of aryl methyl sites for hydroxylation is 1. The number of hydrogen-bond donors (Lipinski definition) is 2. The highest BCUT2D eigenvalue weighted by atomic mass is 127. The highest BCUT2D eigenvalue weighted by Gasteiger charge is 2.15. The van der Waals surface area contributed by atoms with Crippen LogP contribution in [0.15, 0.2) is 11.2 Å². The van der Waals surface area contributed by atoms with Crippen LogP contribution >= 0.6 is 35.3 Å². The van der Waals surface area contributed by atoms with Crippen LogP contribution in [0.1, 0.15) is 29.7 Å². The lowest BCUT2D eigenvalue weighted by atomic mass is 10.0. The molecular weight excluding hydrogens is 421 g/mol. The van der Waals surface area contributed by atoms with Crippen molar-refractivity contribution in [2.45, 2.75) is 33.1 Å². The van der Waals surface area contributed by atoms with Crippen molar-refractivity contribution in [2.24, 2.45) is 10.9 Å². The summed E-state index contributed by atoms with van der Waals surface area (Å²) >= 11 is 1.77. The number of piperidine rings is 1. The lowest BCUT2D eigenvalue weighted by molar-refractivity contribution is 0.187. The van der Waals surface area contributed by atoms with Crippen molar-refractivity contribution < 1.29 is 0 Å². The monoisotopic (exact) mass is 451 g/mol. The lowest BCUT2D eigenvalue weighted by Crippen LogP contribution is -2.44. The Morgan fingerprint density at radius 1 is 1.43 bits per heavy atom. The Balaban J connectivity index is 0.00000264. The van der Waals surface area contributed by atoms with Gasteiger partial charge in [0.15, 0.2) is 5.96 Å². The highest BCUT2D eigenvalue weighted by molar-refractivity contribution is 14.0. The lowest BCUT2D eigenvalue weighted by Gasteiger charge is -2.30. The number of thiazole rings is 1. The molecule has 1 aromatic rings. The summed E-state index contributed by atoms with van der Waals surface area (Å²) in [5.74, 6) is 1.73. The number of nitrogens with zero attached hydrogens (tertiary/aromatic N) is 3. The number of aromatic nitrogens is 1. The summed E-state index contributed by atoms with van der Waals surface area (Å²) in [5, 5.41) is 7.95. The largest absolute Gasteiger partial charge is 0.356 e. The number of likely N-dealkylation sites (tertiary alicyclic amines) is 1. The fourth-order valence-electron chi connectivity index (χ4n) is 2.85. The molecule has 1 atom stereocenters. The molecule has 1 saturated heterocycles. The molecule has 0 bridgehead atoms. The number of halogens is 1. The van der Waals surface area contributed by atoms with Gasteiger partial charge < -0.3 is 15.5 Å². The Hall–Kier alpha value is -0.410. The SMILES string of the molecule is CN=C(NCCc1ncc(C)s1)NCCN1CCCC(C)C1.I. The van der Waals surface area contributed by atoms with Crippen LogP contribution in [0.25, 0.3) is 0 Å². The molecule has 1 aliphatic rings. The van der Waals surface area contributed by atoms with Crippen LogP contribution in [-0.4, -0.2) is 55.6 Å². The molecule has 23 heavy (non-hydrogen) atoms. The summed E-state index contributed by atoms with van der Waals surface area (Å²) in [6.45, 7) is 9.82. The molecule has 2 heterocycles. The van der Waals surface area contributed by atoms with Crippen LogP contribution in [0.4, 0.5) is 0 Å². The standard InChI is InChI=1S/C16H29N5S.HI/c1-13-5-4-9-21(12-13)10-8-19-16(17-3)18-7-6-15-20-11-14(2)22-15;/h11,13H,4-10,12H2,1-3H3,(H2,17,18,19);1H. The molecule has 0 amide bonds. The second-order valence-electron chi connectivity index (χ2n) is 6.09. The van der Waals surface area contributed by atoms with Gasteiger partial charge in [-0.05, 0) is 32.2 Å². The zero-order valence-electron chi connectivity index (χ0n) is 14.5. The molecule has 2 N–H and O–H groups in total. The van der Waals surface area contributed by atoms with Gasteiger partial charge in [-0.15, -0.1) is 35.3 Å². The van der Waals surface area contributed by atoms with Crippen molar-refractivity contribution in [3.63, 3.8) is 0 Å². The van der Waals surface area contributed by atoms with Crippen LogP contribution < -0.4 is 10.6 Å². The van der Waals surface area contributed by atoms with Crippen LogP contribution in [0, 0.1) is 12.8 Å². The predicted molar refractivity (Wildman–Crippen MR) is 110 cm³/mol. The van der Waals surface area contributed by atoms with E-state index in [1.165, 1.54) is 35.8 Å². The van der Waals surface area contributed by atoms with E-state index in [2.05, 4.69) is 39.4 Å². The highest BCUT2D eigenvalue weighted by Crippen LogP contribution is 2.14. The van der Waals surface area contributed by atoms with Gasteiger partial charge in [-0.2, -0.15) is 0 Å². The fraction of sp³-hybridized carbons (Fsp3) is 0.750. The van der Waals surface area contributed by atoms with Gasteiger partial charge in [0.05, 0.1) is 5.01 Å². The van der Waals surface area contributed by atoms with E-state index >= 15 is 0 Å². The summed E-state index contributed by atoms with van der Waals surface area (Å²) in [4.78, 5) is 12.5. The third kappa shape index (κ3) is 7.80.